The molecule has 92 valence electrons. The molecule has 4 heteroatoms. The highest BCUT2D eigenvalue weighted by Gasteiger charge is 2.17. The molecule has 0 spiro atoms. The Morgan fingerprint density at radius 3 is 2.35 bits per heavy atom. The third kappa shape index (κ3) is 3.12. The van der Waals surface area contributed by atoms with E-state index < -0.39 is 0 Å². The minimum absolute atomic E-state index is 0.337. The van der Waals surface area contributed by atoms with Crippen molar-refractivity contribution in [3.8, 4) is 0 Å². The molecule has 0 saturated heterocycles. The van der Waals surface area contributed by atoms with Crippen LogP contribution in [-0.4, -0.2) is 12.6 Å². The maximum absolute atomic E-state index is 11.8. The van der Waals surface area contributed by atoms with Gasteiger partial charge in [-0.3, -0.25) is 0 Å². The highest BCUT2D eigenvalue weighted by atomic mass is 16.5. The van der Waals surface area contributed by atoms with E-state index in [0.29, 0.717) is 29.5 Å². The highest BCUT2D eigenvalue weighted by Crippen LogP contribution is 2.25. The topological polar surface area (TPSA) is 78.3 Å². The van der Waals surface area contributed by atoms with Crippen molar-refractivity contribution in [3.63, 3.8) is 0 Å². The van der Waals surface area contributed by atoms with Crippen LogP contribution in [0.3, 0.4) is 0 Å². The number of anilines is 2. The number of hydrogen-bond acceptors (Lipinski definition) is 4. The lowest BCUT2D eigenvalue weighted by Gasteiger charge is -2.10. The molecule has 1 saturated carbocycles. The van der Waals surface area contributed by atoms with Crippen LogP contribution in [0.1, 0.15) is 36.0 Å². The number of carbonyl (C=O) groups is 1. The summed E-state index contributed by atoms with van der Waals surface area (Å²) in [6.45, 7) is 0.507. The largest absolute Gasteiger partial charge is 0.462 e. The van der Waals surface area contributed by atoms with Gasteiger partial charge < -0.3 is 16.2 Å². The second-order valence-electron chi connectivity index (χ2n) is 4.64. The number of hydrogen-bond donors (Lipinski definition) is 2. The molecular formula is C13H18N2O2. The van der Waals surface area contributed by atoms with Crippen molar-refractivity contribution in [1.82, 2.24) is 0 Å². The first-order chi connectivity index (χ1) is 8.15. The van der Waals surface area contributed by atoms with Crippen molar-refractivity contribution >= 4 is 17.3 Å². The Morgan fingerprint density at radius 1 is 1.18 bits per heavy atom. The van der Waals surface area contributed by atoms with Gasteiger partial charge in [0.15, 0.2) is 0 Å². The molecular weight excluding hydrogens is 216 g/mol. The molecule has 0 radical (unpaired) electrons. The van der Waals surface area contributed by atoms with Crippen molar-refractivity contribution in [2.75, 3.05) is 18.1 Å². The average molecular weight is 234 g/mol. The van der Waals surface area contributed by atoms with E-state index in [4.69, 9.17) is 16.2 Å². The summed E-state index contributed by atoms with van der Waals surface area (Å²) in [6.07, 6.45) is 4.81. The number of nitrogens with two attached hydrogens (primary N) is 2. The van der Waals surface area contributed by atoms with Crippen LogP contribution in [0, 0.1) is 5.92 Å². The van der Waals surface area contributed by atoms with E-state index in [1.54, 1.807) is 18.2 Å². The first-order valence-corrected chi connectivity index (χ1v) is 5.98. The lowest BCUT2D eigenvalue weighted by atomic mass is 10.1. The van der Waals surface area contributed by atoms with Gasteiger partial charge in [-0.15, -0.1) is 0 Å². The second-order valence-corrected chi connectivity index (χ2v) is 4.64. The van der Waals surface area contributed by atoms with Crippen molar-refractivity contribution in [1.29, 1.82) is 0 Å². The zero-order valence-corrected chi connectivity index (χ0v) is 9.82. The van der Waals surface area contributed by atoms with E-state index >= 15 is 0 Å². The number of benzene rings is 1. The zero-order chi connectivity index (χ0) is 12.3. The van der Waals surface area contributed by atoms with Crippen LogP contribution in [0.15, 0.2) is 18.2 Å². The number of nitrogen functional groups attached to an aromatic ring is 2. The summed E-state index contributed by atoms with van der Waals surface area (Å²) in [5, 5.41) is 0. The molecule has 4 N–H and O–H groups in total. The fourth-order valence-corrected chi connectivity index (χ4v) is 2.25. The van der Waals surface area contributed by atoms with Gasteiger partial charge in [0.25, 0.3) is 0 Å². The van der Waals surface area contributed by atoms with Crippen LogP contribution in [0.25, 0.3) is 0 Å². The summed E-state index contributed by atoms with van der Waals surface area (Å²) in [5.74, 6) is 0.188. The average Bonchev–Trinajstić information content (AvgIpc) is 2.77. The number of esters is 1. The van der Waals surface area contributed by atoms with Crippen LogP contribution in [-0.2, 0) is 4.74 Å². The molecule has 0 atom stereocenters. The summed E-state index contributed by atoms with van der Waals surface area (Å²) < 4.78 is 5.27. The smallest absolute Gasteiger partial charge is 0.338 e. The third-order valence-electron chi connectivity index (χ3n) is 3.14. The van der Waals surface area contributed by atoms with Gasteiger partial charge in [0.1, 0.15) is 0 Å². The van der Waals surface area contributed by atoms with E-state index in [0.717, 1.165) is 12.8 Å². The zero-order valence-electron chi connectivity index (χ0n) is 9.82. The lowest BCUT2D eigenvalue weighted by Crippen LogP contribution is -2.12. The Kier molecular flexibility index (Phi) is 3.52. The molecule has 0 aromatic heterocycles. The van der Waals surface area contributed by atoms with Gasteiger partial charge in [-0.1, -0.05) is 12.8 Å². The van der Waals surface area contributed by atoms with Gasteiger partial charge in [-0.2, -0.15) is 0 Å². The monoisotopic (exact) mass is 234 g/mol. The van der Waals surface area contributed by atoms with Crippen molar-refractivity contribution < 1.29 is 9.53 Å². The molecule has 4 nitrogen and oxygen atoms in total. The molecule has 0 aliphatic heterocycles. The fraction of sp³-hybridized carbons (Fsp3) is 0.462. The van der Waals surface area contributed by atoms with Gasteiger partial charge in [-0.05, 0) is 37.0 Å². The number of ether oxygens (including phenoxy) is 1. The molecule has 1 fully saturated rings. The predicted molar refractivity (Wildman–Crippen MR) is 67.5 cm³/mol. The Bertz CT molecular complexity index is 392. The Morgan fingerprint density at radius 2 is 1.76 bits per heavy atom. The van der Waals surface area contributed by atoms with Gasteiger partial charge in [0.05, 0.1) is 12.2 Å². The van der Waals surface area contributed by atoms with Crippen LogP contribution in [0.2, 0.25) is 0 Å². The molecule has 1 aliphatic rings. The molecule has 0 heterocycles. The summed E-state index contributed by atoms with van der Waals surface area (Å²) in [5.41, 5.74) is 12.7. The fourth-order valence-electron chi connectivity index (χ4n) is 2.25. The minimum Gasteiger partial charge on any atom is -0.462 e. The Hall–Kier alpha value is -1.71. The predicted octanol–water partition coefficient (Wildman–Crippen LogP) is 2.20. The van der Waals surface area contributed by atoms with Crippen molar-refractivity contribution in [2.45, 2.75) is 25.7 Å². The van der Waals surface area contributed by atoms with Crippen molar-refractivity contribution in [2.24, 2.45) is 5.92 Å². The highest BCUT2D eigenvalue weighted by molar-refractivity contribution is 5.91. The minimum atomic E-state index is -0.337. The van der Waals surface area contributed by atoms with Gasteiger partial charge >= 0.3 is 5.97 Å². The van der Waals surface area contributed by atoms with E-state index in [9.17, 15) is 4.79 Å². The van der Waals surface area contributed by atoms with Crippen LogP contribution < -0.4 is 11.5 Å². The van der Waals surface area contributed by atoms with E-state index in [2.05, 4.69) is 0 Å². The normalized spacial score (nSPS) is 16.0. The summed E-state index contributed by atoms with van der Waals surface area (Å²) in [4.78, 5) is 11.8. The number of rotatable bonds is 3. The number of carbonyl (C=O) groups excluding carboxylic acids is 1. The first kappa shape index (κ1) is 11.8. The second kappa shape index (κ2) is 5.08. The molecule has 17 heavy (non-hydrogen) atoms. The molecule has 0 amide bonds. The lowest BCUT2D eigenvalue weighted by molar-refractivity contribution is 0.0442. The maximum Gasteiger partial charge on any atom is 0.338 e. The molecule has 2 rings (SSSR count). The maximum atomic E-state index is 11.8. The first-order valence-electron chi connectivity index (χ1n) is 5.98. The van der Waals surface area contributed by atoms with Crippen molar-refractivity contribution in [3.05, 3.63) is 23.8 Å². The quantitative estimate of drug-likeness (QED) is 0.620. The standard InChI is InChI=1S/C13H18N2O2/c14-11-5-10(6-12(15)7-11)13(16)17-8-9-3-1-2-4-9/h5-7,9H,1-4,8,14-15H2. The molecule has 1 aliphatic carbocycles. The SMILES string of the molecule is Nc1cc(N)cc(C(=O)OCC2CCCC2)c1. The van der Waals surface area contributed by atoms with Gasteiger partial charge in [0, 0.05) is 11.4 Å². The van der Waals surface area contributed by atoms with Crippen LogP contribution >= 0.6 is 0 Å². The molecule has 0 unspecified atom stereocenters. The third-order valence-corrected chi connectivity index (χ3v) is 3.14. The molecule has 1 aromatic carbocycles. The van der Waals surface area contributed by atoms with Crippen LogP contribution in [0.5, 0.6) is 0 Å². The van der Waals surface area contributed by atoms with Gasteiger partial charge in [0.2, 0.25) is 0 Å². The summed E-state index contributed by atoms with van der Waals surface area (Å²) >= 11 is 0. The Labute approximate surface area is 101 Å². The van der Waals surface area contributed by atoms with E-state index in [1.165, 1.54) is 12.8 Å². The van der Waals surface area contributed by atoms with E-state index in [1.807, 2.05) is 0 Å². The molecule has 0 bridgehead atoms. The molecule has 1 aromatic rings. The van der Waals surface area contributed by atoms with E-state index in [-0.39, 0.29) is 5.97 Å². The van der Waals surface area contributed by atoms with Gasteiger partial charge in [-0.25, -0.2) is 4.79 Å². The van der Waals surface area contributed by atoms with Crippen LogP contribution in [0.4, 0.5) is 11.4 Å². The summed E-state index contributed by atoms with van der Waals surface area (Å²) in [7, 11) is 0. The summed E-state index contributed by atoms with van der Waals surface area (Å²) in [6, 6.07) is 4.80. The Balaban J connectivity index is 1.94.